The Kier molecular flexibility index (Phi) is 17.2. The molecule has 34 heavy (non-hydrogen) atoms. The van der Waals surface area contributed by atoms with Gasteiger partial charge in [-0.3, -0.25) is 0 Å². The van der Waals surface area contributed by atoms with Crippen LogP contribution in [0.2, 0.25) is 0 Å². The third kappa shape index (κ3) is 17.2. The fraction of sp³-hybridized carbons (Fsp3) is 0.222. The van der Waals surface area contributed by atoms with Crippen molar-refractivity contribution in [2.45, 2.75) is 38.5 Å². The van der Waals surface area contributed by atoms with Gasteiger partial charge in [-0.1, -0.05) is 91.0 Å². The van der Waals surface area contributed by atoms with E-state index in [2.05, 4.69) is 0 Å². The maximum atomic E-state index is 10.1. The molecule has 6 nitrogen and oxygen atoms in total. The molecule has 0 bridgehead atoms. The molecule has 3 aromatic carbocycles. The summed E-state index contributed by atoms with van der Waals surface area (Å²) in [5, 5.41) is 30.2. The second-order valence-electron chi connectivity index (χ2n) is 7.07. The van der Waals surface area contributed by atoms with E-state index in [1.807, 2.05) is 91.0 Å². The van der Waals surface area contributed by atoms with E-state index in [4.69, 9.17) is 0 Å². The number of aliphatic carboxylic acids is 3. The van der Waals surface area contributed by atoms with Crippen molar-refractivity contribution in [2.75, 3.05) is 0 Å². The summed E-state index contributed by atoms with van der Waals surface area (Å²) in [7, 11) is 0. The Morgan fingerprint density at radius 1 is 0.441 bits per heavy atom. The molecule has 0 amide bonds. The van der Waals surface area contributed by atoms with Crippen LogP contribution in [0.4, 0.5) is 0 Å². The molecule has 0 spiro atoms. The van der Waals surface area contributed by atoms with Crippen molar-refractivity contribution in [1.82, 2.24) is 0 Å². The Balaban J connectivity index is 0.000000473. The van der Waals surface area contributed by atoms with E-state index in [9.17, 15) is 29.7 Å². The molecular formula is C27H27FeO6. The van der Waals surface area contributed by atoms with E-state index in [0.29, 0.717) is 19.3 Å². The fourth-order valence-electron chi connectivity index (χ4n) is 2.67. The molecule has 179 valence electrons. The number of aryl methyl sites for hydroxylation is 3. The number of carboxylic acid groups (broad SMARTS) is 3. The molecule has 1 radical (unpaired) electrons. The van der Waals surface area contributed by atoms with Crippen LogP contribution >= 0.6 is 0 Å². The molecule has 0 aliphatic heterocycles. The van der Waals surface area contributed by atoms with Crippen LogP contribution in [0.15, 0.2) is 91.0 Å². The van der Waals surface area contributed by atoms with Gasteiger partial charge in [0.05, 0.1) is 0 Å². The van der Waals surface area contributed by atoms with Gasteiger partial charge in [-0.25, -0.2) is 0 Å². The first-order chi connectivity index (χ1) is 15.9. The summed E-state index contributed by atoms with van der Waals surface area (Å²) < 4.78 is 0. The molecule has 0 saturated carbocycles. The zero-order valence-electron chi connectivity index (χ0n) is 18.7. The van der Waals surface area contributed by atoms with Crippen LogP contribution < -0.4 is 15.3 Å². The molecule has 7 heteroatoms. The quantitative estimate of drug-likeness (QED) is 0.404. The summed E-state index contributed by atoms with van der Waals surface area (Å²) in [6.07, 6.45) is 1.98. The number of hydrogen-bond acceptors (Lipinski definition) is 6. The van der Waals surface area contributed by atoms with Crippen molar-refractivity contribution < 1.29 is 46.8 Å². The zero-order valence-corrected chi connectivity index (χ0v) is 19.8. The minimum atomic E-state index is -0.992. The molecule has 0 N–H and O–H groups in total. The van der Waals surface area contributed by atoms with Crippen molar-refractivity contribution in [3.05, 3.63) is 108 Å². The third-order valence-corrected chi connectivity index (χ3v) is 4.38. The number of carboxylic acids is 3. The average Bonchev–Trinajstić information content (AvgIpc) is 2.83. The van der Waals surface area contributed by atoms with Gasteiger partial charge in [-0.15, -0.1) is 0 Å². The molecule has 0 unspecified atom stereocenters. The van der Waals surface area contributed by atoms with Gasteiger partial charge in [0.2, 0.25) is 0 Å². The van der Waals surface area contributed by atoms with E-state index >= 15 is 0 Å². The van der Waals surface area contributed by atoms with Crippen molar-refractivity contribution in [2.24, 2.45) is 0 Å². The van der Waals surface area contributed by atoms with Gasteiger partial charge in [0.15, 0.2) is 0 Å². The number of benzene rings is 3. The second-order valence-corrected chi connectivity index (χ2v) is 7.07. The van der Waals surface area contributed by atoms with E-state index in [-0.39, 0.29) is 36.3 Å². The Bertz CT molecular complexity index is 819. The molecule has 3 rings (SSSR count). The number of rotatable bonds is 9. The molecule has 0 aromatic heterocycles. The maximum absolute atomic E-state index is 10.1. The Hall–Kier alpha value is -3.41. The molecule has 0 heterocycles. The Morgan fingerprint density at radius 3 is 0.824 bits per heavy atom. The van der Waals surface area contributed by atoms with Gasteiger partial charge >= 0.3 is 17.1 Å². The summed E-state index contributed by atoms with van der Waals surface area (Å²) >= 11 is 0. The van der Waals surface area contributed by atoms with Crippen molar-refractivity contribution in [3.63, 3.8) is 0 Å². The van der Waals surface area contributed by atoms with Crippen LogP contribution in [0, 0.1) is 0 Å². The van der Waals surface area contributed by atoms with Crippen molar-refractivity contribution in [3.8, 4) is 0 Å². The first-order valence-corrected chi connectivity index (χ1v) is 10.6. The second kappa shape index (κ2) is 19.1. The van der Waals surface area contributed by atoms with Crippen LogP contribution in [-0.4, -0.2) is 17.9 Å². The normalized spacial score (nSPS) is 9.18. The molecule has 3 aromatic rings. The Morgan fingerprint density at radius 2 is 0.647 bits per heavy atom. The topological polar surface area (TPSA) is 120 Å². The van der Waals surface area contributed by atoms with E-state index in [1.54, 1.807) is 0 Å². The van der Waals surface area contributed by atoms with Gasteiger partial charge in [0.25, 0.3) is 0 Å². The SMILES string of the molecule is O=C([O-])CCc1ccccc1.O=C([O-])CCc1ccccc1.O=C([O-])CCc1ccccc1.[Fe+3]. The predicted molar refractivity (Wildman–Crippen MR) is 119 cm³/mol. The van der Waals surface area contributed by atoms with Crippen molar-refractivity contribution in [1.29, 1.82) is 0 Å². The zero-order chi connectivity index (χ0) is 24.3. The largest absolute Gasteiger partial charge is 3.00 e. The van der Waals surface area contributed by atoms with Gasteiger partial charge in [-0.2, -0.15) is 0 Å². The summed E-state index contributed by atoms with van der Waals surface area (Å²) in [6, 6.07) is 28.5. The van der Waals surface area contributed by atoms with Gasteiger partial charge in [-0.05, 0) is 55.2 Å². The molecule has 0 fully saturated rings. The van der Waals surface area contributed by atoms with Gasteiger partial charge < -0.3 is 29.7 Å². The predicted octanol–water partition coefficient (Wildman–Crippen LogP) is 1.10. The molecule has 0 aliphatic carbocycles. The minimum Gasteiger partial charge on any atom is -0.550 e. The number of carbonyl (C=O) groups is 3. The van der Waals surface area contributed by atoms with E-state index in [1.165, 1.54) is 0 Å². The summed E-state index contributed by atoms with van der Waals surface area (Å²) in [6.45, 7) is 0. The van der Waals surface area contributed by atoms with Crippen LogP contribution in [0.5, 0.6) is 0 Å². The van der Waals surface area contributed by atoms with Crippen LogP contribution in [0.1, 0.15) is 36.0 Å². The monoisotopic (exact) mass is 503 g/mol. The smallest absolute Gasteiger partial charge is 0.550 e. The first-order valence-electron chi connectivity index (χ1n) is 10.6. The van der Waals surface area contributed by atoms with E-state index < -0.39 is 17.9 Å². The first kappa shape index (κ1) is 30.6. The van der Waals surface area contributed by atoms with Crippen molar-refractivity contribution >= 4 is 17.9 Å². The summed E-state index contributed by atoms with van der Waals surface area (Å²) in [4.78, 5) is 30.2. The van der Waals surface area contributed by atoms with Crippen LogP contribution in [0.25, 0.3) is 0 Å². The number of carbonyl (C=O) groups excluding carboxylic acids is 3. The summed E-state index contributed by atoms with van der Waals surface area (Å²) in [5.74, 6) is -2.98. The van der Waals surface area contributed by atoms with Crippen LogP contribution in [0.3, 0.4) is 0 Å². The molecule has 0 aliphatic rings. The average molecular weight is 503 g/mol. The standard InChI is InChI=1S/3C9H10O2.Fe/c3*10-9(11)7-6-8-4-2-1-3-5-8;/h3*1-5H,6-7H2,(H,10,11);/q;;;+3/p-3. The number of hydrogen-bond donors (Lipinski definition) is 0. The summed E-state index contributed by atoms with van der Waals surface area (Å²) in [5.41, 5.74) is 3.12. The Labute approximate surface area is 210 Å². The minimum absolute atomic E-state index is 0. The molecule has 0 saturated heterocycles. The molecule has 0 atom stereocenters. The third-order valence-electron chi connectivity index (χ3n) is 4.38. The maximum Gasteiger partial charge on any atom is 3.00 e. The molecular weight excluding hydrogens is 476 g/mol. The van der Waals surface area contributed by atoms with Gasteiger partial charge in [0.1, 0.15) is 0 Å². The van der Waals surface area contributed by atoms with Gasteiger partial charge in [0, 0.05) is 17.9 Å². The fourth-order valence-corrected chi connectivity index (χ4v) is 2.67. The van der Waals surface area contributed by atoms with Crippen LogP contribution in [-0.2, 0) is 50.7 Å². The van der Waals surface area contributed by atoms with E-state index in [0.717, 1.165) is 16.7 Å².